The van der Waals surface area contributed by atoms with Crippen LogP contribution in [-0.2, 0) is 16.1 Å². The lowest BCUT2D eigenvalue weighted by atomic mass is 10.2. The molecule has 0 unspecified atom stereocenters. The van der Waals surface area contributed by atoms with E-state index in [0.717, 1.165) is 4.88 Å². The van der Waals surface area contributed by atoms with Crippen molar-refractivity contribution in [2.24, 2.45) is 0 Å². The van der Waals surface area contributed by atoms with Crippen LogP contribution in [-0.4, -0.2) is 29.8 Å². The number of fused-ring (bicyclic) bond motifs is 1. The number of benzene rings is 1. The number of nitrogens with zero attached hydrogens (tertiary/aromatic N) is 1. The number of hydrogen-bond donors (Lipinski definition) is 1. The molecular formula is C16H20N2O2S. The normalized spacial score (nSPS) is 12.1. The van der Waals surface area contributed by atoms with Gasteiger partial charge in [-0.15, -0.1) is 11.3 Å². The number of amides is 2. The topological polar surface area (TPSA) is 49.4 Å². The van der Waals surface area contributed by atoms with Gasteiger partial charge in [-0.05, 0) is 23.9 Å². The molecule has 1 N–H and O–H groups in total. The van der Waals surface area contributed by atoms with Crippen molar-refractivity contribution in [3.05, 3.63) is 35.2 Å². The van der Waals surface area contributed by atoms with E-state index in [1.165, 1.54) is 17.0 Å². The highest BCUT2D eigenvalue weighted by molar-refractivity contribution is 7.19. The summed E-state index contributed by atoms with van der Waals surface area (Å²) < 4.78 is 1.22. The number of carbonyl (C=O) groups is 2. The molecule has 0 fully saturated rings. The molecule has 0 radical (unpaired) electrons. The lowest BCUT2D eigenvalue weighted by Gasteiger charge is -2.22. The molecule has 1 aromatic heterocycles. The van der Waals surface area contributed by atoms with Gasteiger partial charge in [0.1, 0.15) is 6.04 Å². The Morgan fingerprint density at radius 3 is 2.67 bits per heavy atom. The third-order valence-corrected chi connectivity index (χ3v) is 4.43. The largest absolute Gasteiger partial charge is 0.345 e. The van der Waals surface area contributed by atoms with E-state index in [0.29, 0.717) is 13.0 Å². The lowest BCUT2D eigenvalue weighted by molar-refractivity contribution is -0.135. The van der Waals surface area contributed by atoms with Gasteiger partial charge in [-0.25, -0.2) is 0 Å². The number of carbonyl (C=O) groups excluding carboxylic acids is 2. The maximum absolute atomic E-state index is 12.3. The van der Waals surface area contributed by atoms with E-state index < -0.39 is 6.04 Å². The summed E-state index contributed by atoms with van der Waals surface area (Å²) in [5.74, 6) is -0.226. The van der Waals surface area contributed by atoms with Crippen LogP contribution in [0.1, 0.15) is 25.1 Å². The fraction of sp³-hybridized carbons (Fsp3) is 0.375. The fourth-order valence-corrected chi connectivity index (χ4v) is 3.39. The molecule has 0 aliphatic rings. The Hall–Kier alpha value is -1.88. The number of likely N-dealkylation sites (N-methyl/N-ethyl adjacent to an activating group) is 1. The van der Waals surface area contributed by atoms with E-state index in [2.05, 4.69) is 23.5 Å². The molecule has 1 aromatic carbocycles. The zero-order chi connectivity index (χ0) is 15.4. The van der Waals surface area contributed by atoms with Crippen LogP contribution in [0.15, 0.2) is 30.3 Å². The Kier molecular flexibility index (Phi) is 4.96. The van der Waals surface area contributed by atoms with Crippen molar-refractivity contribution in [3.63, 3.8) is 0 Å². The first-order valence-electron chi connectivity index (χ1n) is 7.00. The highest BCUT2D eigenvalue weighted by Gasteiger charge is 2.21. The van der Waals surface area contributed by atoms with Crippen molar-refractivity contribution in [1.29, 1.82) is 0 Å². The average Bonchev–Trinajstić information content (AvgIpc) is 2.85. The molecular weight excluding hydrogens is 284 g/mol. The molecule has 2 rings (SSSR count). The van der Waals surface area contributed by atoms with Crippen LogP contribution >= 0.6 is 11.3 Å². The van der Waals surface area contributed by atoms with Gasteiger partial charge in [-0.2, -0.15) is 0 Å². The monoisotopic (exact) mass is 304 g/mol. The third-order valence-electron chi connectivity index (χ3n) is 3.33. The predicted octanol–water partition coefficient (Wildman–Crippen LogP) is 2.77. The first-order valence-corrected chi connectivity index (χ1v) is 7.82. The van der Waals surface area contributed by atoms with Gasteiger partial charge < -0.3 is 10.2 Å². The van der Waals surface area contributed by atoms with Gasteiger partial charge in [-0.3, -0.25) is 9.59 Å². The Labute approximate surface area is 128 Å². The standard InChI is InChI=1S/C16H20N2O2S/c1-4-14(17-11(2)19)16(20)18(3)10-13-9-12-7-5-6-8-15(12)21-13/h5-9,14H,4,10H2,1-3H3,(H,17,19)/t14-/m0/s1. The van der Waals surface area contributed by atoms with Gasteiger partial charge >= 0.3 is 0 Å². The van der Waals surface area contributed by atoms with Crippen LogP contribution in [0, 0.1) is 0 Å². The fourth-order valence-electron chi connectivity index (χ4n) is 2.28. The van der Waals surface area contributed by atoms with Crippen molar-refractivity contribution >= 4 is 33.2 Å². The highest BCUT2D eigenvalue weighted by atomic mass is 32.1. The number of hydrogen-bond acceptors (Lipinski definition) is 3. The first kappa shape index (κ1) is 15.5. The molecule has 2 aromatic rings. The van der Waals surface area contributed by atoms with Crippen LogP contribution < -0.4 is 5.32 Å². The summed E-state index contributed by atoms with van der Waals surface area (Å²) in [6, 6.07) is 9.85. The minimum atomic E-state index is -0.443. The average molecular weight is 304 g/mol. The van der Waals surface area contributed by atoms with Crippen LogP contribution in [0.5, 0.6) is 0 Å². The van der Waals surface area contributed by atoms with Crippen molar-refractivity contribution in [2.45, 2.75) is 32.9 Å². The third kappa shape index (κ3) is 3.82. The molecule has 1 heterocycles. The summed E-state index contributed by atoms with van der Waals surface area (Å²) in [5, 5.41) is 3.90. The Bertz CT molecular complexity index is 618. The van der Waals surface area contributed by atoms with E-state index in [4.69, 9.17) is 0 Å². The molecule has 0 saturated heterocycles. The number of nitrogens with one attached hydrogen (secondary N) is 1. The summed E-state index contributed by atoms with van der Waals surface area (Å²) in [4.78, 5) is 26.3. The Balaban J connectivity index is 2.07. The number of rotatable bonds is 5. The minimum absolute atomic E-state index is 0.0508. The Morgan fingerprint density at radius 2 is 2.05 bits per heavy atom. The van der Waals surface area contributed by atoms with E-state index in [1.54, 1.807) is 23.3 Å². The summed E-state index contributed by atoms with van der Waals surface area (Å²) in [7, 11) is 1.77. The molecule has 2 amide bonds. The summed E-state index contributed by atoms with van der Waals surface area (Å²) in [5.41, 5.74) is 0. The summed E-state index contributed by atoms with van der Waals surface area (Å²) >= 11 is 1.69. The molecule has 0 aliphatic heterocycles. The van der Waals surface area contributed by atoms with Crippen LogP contribution in [0.25, 0.3) is 10.1 Å². The second-order valence-electron chi connectivity index (χ2n) is 5.11. The SMILES string of the molecule is CC[C@H](NC(C)=O)C(=O)N(C)Cc1cc2ccccc2s1. The van der Waals surface area contributed by atoms with E-state index in [-0.39, 0.29) is 11.8 Å². The smallest absolute Gasteiger partial charge is 0.245 e. The maximum atomic E-state index is 12.3. The van der Waals surface area contributed by atoms with E-state index in [1.807, 2.05) is 19.1 Å². The maximum Gasteiger partial charge on any atom is 0.245 e. The second-order valence-corrected chi connectivity index (χ2v) is 6.27. The van der Waals surface area contributed by atoms with E-state index in [9.17, 15) is 9.59 Å². The molecule has 0 bridgehead atoms. The van der Waals surface area contributed by atoms with Crippen molar-refractivity contribution in [3.8, 4) is 0 Å². The van der Waals surface area contributed by atoms with Gasteiger partial charge in [0.25, 0.3) is 0 Å². The van der Waals surface area contributed by atoms with E-state index >= 15 is 0 Å². The second kappa shape index (κ2) is 6.72. The van der Waals surface area contributed by atoms with Gasteiger partial charge in [0.15, 0.2) is 0 Å². The van der Waals surface area contributed by atoms with Crippen LogP contribution in [0.4, 0.5) is 0 Å². The zero-order valence-corrected chi connectivity index (χ0v) is 13.4. The molecule has 0 saturated carbocycles. The molecule has 112 valence electrons. The van der Waals surface area contributed by atoms with Gasteiger partial charge in [0.05, 0.1) is 6.54 Å². The molecule has 0 spiro atoms. The van der Waals surface area contributed by atoms with Crippen molar-refractivity contribution in [2.75, 3.05) is 7.05 Å². The van der Waals surface area contributed by atoms with Crippen LogP contribution in [0.2, 0.25) is 0 Å². The number of thiophene rings is 1. The lowest BCUT2D eigenvalue weighted by Crippen LogP contribution is -2.46. The van der Waals surface area contributed by atoms with Crippen molar-refractivity contribution in [1.82, 2.24) is 10.2 Å². The molecule has 5 heteroatoms. The van der Waals surface area contributed by atoms with Crippen LogP contribution in [0.3, 0.4) is 0 Å². The quantitative estimate of drug-likeness (QED) is 0.923. The van der Waals surface area contributed by atoms with Gasteiger partial charge in [0, 0.05) is 23.5 Å². The Morgan fingerprint density at radius 1 is 1.33 bits per heavy atom. The summed E-state index contributed by atoms with van der Waals surface area (Å²) in [6.07, 6.45) is 0.592. The highest BCUT2D eigenvalue weighted by Crippen LogP contribution is 2.26. The predicted molar refractivity (Wildman–Crippen MR) is 86.2 cm³/mol. The zero-order valence-electron chi connectivity index (χ0n) is 12.6. The van der Waals surface area contributed by atoms with Crippen molar-refractivity contribution < 1.29 is 9.59 Å². The van der Waals surface area contributed by atoms with Gasteiger partial charge in [-0.1, -0.05) is 25.1 Å². The molecule has 0 aliphatic carbocycles. The minimum Gasteiger partial charge on any atom is -0.345 e. The summed E-state index contributed by atoms with van der Waals surface area (Å²) in [6.45, 7) is 3.89. The van der Waals surface area contributed by atoms with Gasteiger partial charge in [0.2, 0.25) is 11.8 Å². The molecule has 21 heavy (non-hydrogen) atoms. The molecule has 4 nitrogen and oxygen atoms in total. The molecule has 1 atom stereocenters. The first-order chi connectivity index (χ1) is 10.0.